The van der Waals surface area contributed by atoms with Gasteiger partial charge in [0.15, 0.2) is 0 Å². The van der Waals surface area contributed by atoms with E-state index in [0.29, 0.717) is 41.0 Å². The molecule has 0 aliphatic heterocycles. The Hall–Kier alpha value is -4.53. The van der Waals surface area contributed by atoms with E-state index in [1.807, 2.05) is 67.6 Å². The summed E-state index contributed by atoms with van der Waals surface area (Å²) in [6, 6.07) is 31.9. The minimum absolute atomic E-state index is 0.0770. The molecule has 0 heterocycles. The molecule has 0 atom stereocenters. The van der Waals surface area contributed by atoms with E-state index >= 15 is 0 Å². The number of hydrogen-bond acceptors (Lipinski definition) is 4. The monoisotopic (exact) mass is 508 g/mol. The van der Waals surface area contributed by atoms with E-state index in [-0.39, 0.29) is 5.57 Å². The fourth-order valence-electron chi connectivity index (χ4n) is 3.49. The highest BCUT2D eigenvalue weighted by atomic mass is 35.5. The Labute approximate surface area is 221 Å². The van der Waals surface area contributed by atoms with Gasteiger partial charge in [-0.2, -0.15) is 5.26 Å². The van der Waals surface area contributed by atoms with Gasteiger partial charge in [-0.3, -0.25) is 4.79 Å². The SMILES string of the molecule is Cc1ccc(COc2ccc(Cl)cc2/C=C(\C#N)C(=O)Nc2ccc(OCc3ccccc3)cc2)cc1. The summed E-state index contributed by atoms with van der Waals surface area (Å²) in [5.74, 6) is 0.655. The molecule has 1 amide bonds. The molecule has 6 heteroatoms. The van der Waals surface area contributed by atoms with Gasteiger partial charge in [0.2, 0.25) is 0 Å². The van der Waals surface area contributed by atoms with Gasteiger partial charge in [-0.15, -0.1) is 0 Å². The molecule has 1 N–H and O–H groups in total. The fourth-order valence-corrected chi connectivity index (χ4v) is 3.67. The first-order valence-corrected chi connectivity index (χ1v) is 12.1. The molecule has 4 aromatic carbocycles. The molecular weight excluding hydrogens is 484 g/mol. The van der Waals surface area contributed by atoms with Crippen LogP contribution in [0.1, 0.15) is 22.3 Å². The van der Waals surface area contributed by atoms with Crippen molar-refractivity contribution in [1.82, 2.24) is 0 Å². The van der Waals surface area contributed by atoms with Crippen LogP contribution in [0.2, 0.25) is 5.02 Å². The van der Waals surface area contributed by atoms with Crippen molar-refractivity contribution in [2.24, 2.45) is 0 Å². The molecule has 0 saturated heterocycles. The Morgan fingerprint density at radius 3 is 2.27 bits per heavy atom. The molecule has 37 heavy (non-hydrogen) atoms. The van der Waals surface area contributed by atoms with Crippen LogP contribution < -0.4 is 14.8 Å². The van der Waals surface area contributed by atoms with E-state index in [9.17, 15) is 10.1 Å². The fraction of sp³-hybridized carbons (Fsp3) is 0.0968. The number of amides is 1. The Bertz CT molecular complexity index is 1420. The number of nitrogens with zero attached hydrogens (tertiary/aromatic N) is 1. The highest BCUT2D eigenvalue weighted by molar-refractivity contribution is 6.30. The maximum atomic E-state index is 12.8. The zero-order valence-electron chi connectivity index (χ0n) is 20.3. The number of hydrogen-bond donors (Lipinski definition) is 1. The largest absolute Gasteiger partial charge is 0.489 e. The number of aryl methyl sites for hydroxylation is 1. The molecule has 0 aliphatic carbocycles. The summed E-state index contributed by atoms with van der Waals surface area (Å²) in [6.45, 7) is 2.81. The van der Waals surface area contributed by atoms with Crippen molar-refractivity contribution < 1.29 is 14.3 Å². The first-order valence-electron chi connectivity index (χ1n) is 11.7. The topological polar surface area (TPSA) is 71.3 Å². The van der Waals surface area contributed by atoms with E-state index in [0.717, 1.165) is 16.7 Å². The lowest BCUT2D eigenvalue weighted by Gasteiger charge is -2.11. The van der Waals surface area contributed by atoms with Crippen LogP contribution >= 0.6 is 11.6 Å². The van der Waals surface area contributed by atoms with Crippen molar-refractivity contribution in [2.75, 3.05) is 5.32 Å². The zero-order chi connectivity index (χ0) is 26.0. The van der Waals surface area contributed by atoms with Crippen molar-refractivity contribution in [1.29, 1.82) is 5.26 Å². The molecule has 0 aliphatic rings. The van der Waals surface area contributed by atoms with Gasteiger partial charge < -0.3 is 14.8 Å². The quantitative estimate of drug-likeness (QED) is 0.189. The molecule has 0 saturated carbocycles. The number of rotatable bonds is 9. The third kappa shape index (κ3) is 7.47. The maximum absolute atomic E-state index is 12.8. The molecule has 0 unspecified atom stereocenters. The van der Waals surface area contributed by atoms with Gasteiger partial charge >= 0.3 is 0 Å². The summed E-state index contributed by atoms with van der Waals surface area (Å²) < 4.78 is 11.8. The first kappa shape index (κ1) is 25.6. The van der Waals surface area contributed by atoms with Gasteiger partial charge in [0.1, 0.15) is 36.4 Å². The molecule has 4 rings (SSSR count). The minimum Gasteiger partial charge on any atom is -0.489 e. The number of anilines is 1. The van der Waals surface area contributed by atoms with Crippen LogP contribution in [0.15, 0.2) is 103 Å². The lowest BCUT2D eigenvalue weighted by Crippen LogP contribution is -2.13. The van der Waals surface area contributed by atoms with Gasteiger partial charge in [0.25, 0.3) is 5.91 Å². The number of carbonyl (C=O) groups excluding carboxylic acids is 1. The van der Waals surface area contributed by atoms with Crippen molar-refractivity contribution in [3.8, 4) is 17.6 Å². The Morgan fingerprint density at radius 2 is 1.57 bits per heavy atom. The molecule has 0 spiro atoms. The van der Waals surface area contributed by atoms with Crippen LogP contribution in [0.25, 0.3) is 6.08 Å². The van der Waals surface area contributed by atoms with Gasteiger partial charge in [0, 0.05) is 16.3 Å². The highest BCUT2D eigenvalue weighted by Gasteiger charge is 2.12. The molecule has 0 aromatic heterocycles. The van der Waals surface area contributed by atoms with Gasteiger partial charge in [0.05, 0.1) is 0 Å². The summed E-state index contributed by atoms with van der Waals surface area (Å²) in [7, 11) is 0. The third-order valence-corrected chi connectivity index (χ3v) is 5.75. The average molecular weight is 509 g/mol. The number of halogens is 1. The van der Waals surface area contributed by atoms with E-state index in [4.69, 9.17) is 21.1 Å². The van der Waals surface area contributed by atoms with Gasteiger partial charge in [-0.05, 0) is 66.6 Å². The number of nitriles is 1. The summed E-state index contributed by atoms with van der Waals surface area (Å²) in [6.07, 6.45) is 1.48. The molecule has 4 aromatic rings. The van der Waals surface area contributed by atoms with Crippen molar-refractivity contribution in [3.05, 3.63) is 130 Å². The molecular formula is C31H25ClN2O3. The minimum atomic E-state index is -0.537. The normalized spacial score (nSPS) is 10.9. The Morgan fingerprint density at radius 1 is 0.892 bits per heavy atom. The highest BCUT2D eigenvalue weighted by Crippen LogP contribution is 2.27. The van der Waals surface area contributed by atoms with E-state index in [1.165, 1.54) is 6.08 Å². The second-order valence-electron chi connectivity index (χ2n) is 8.38. The molecule has 0 radical (unpaired) electrons. The van der Waals surface area contributed by atoms with Gasteiger partial charge in [-0.25, -0.2) is 0 Å². The Kier molecular flexibility index (Phi) is 8.59. The first-order chi connectivity index (χ1) is 18.0. The van der Waals surface area contributed by atoms with Gasteiger partial charge in [-0.1, -0.05) is 71.8 Å². The van der Waals surface area contributed by atoms with E-state index in [1.54, 1.807) is 42.5 Å². The Balaban J connectivity index is 1.42. The number of nitrogens with one attached hydrogen (secondary N) is 1. The number of ether oxygens (including phenoxy) is 2. The van der Waals surface area contributed by atoms with E-state index < -0.39 is 5.91 Å². The third-order valence-electron chi connectivity index (χ3n) is 5.51. The average Bonchev–Trinajstić information content (AvgIpc) is 2.92. The predicted octanol–water partition coefficient (Wildman–Crippen LogP) is 7.35. The number of carbonyl (C=O) groups is 1. The summed E-state index contributed by atoms with van der Waals surface area (Å²) in [4.78, 5) is 12.8. The molecule has 5 nitrogen and oxygen atoms in total. The lowest BCUT2D eigenvalue weighted by atomic mass is 10.1. The zero-order valence-corrected chi connectivity index (χ0v) is 21.0. The van der Waals surface area contributed by atoms with Crippen LogP contribution in [0.4, 0.5) is 5.69 Å². The van der Waals surface area contributed by atoms with Crippen molar-refractivity contribution >= 4 is 29.3 Å². The van der Waals surface area contributed by atoms with Crippen LogP contribution in [0.3, 0.4) is 0 Å². The smallest absolute Gasteiger partial charge is 0.266 e. The molecule has 184 valence electrons. The summed E-state index contributed by atoms with van der Waals surface area (Å²) in [5.41, 5.74) is 4.23. The van der Waals surface area contributed by atoms with Crippen LogP contribution in [-0.4, -0.2) is 5.91 Å². The van der Waals surface area contributed by atoms with E-state index in [2.05, 4.69) is 5.32 Å². The van der Waals surface area contributed by atoms with Crippen molar-refractivity contribution in [3.63, 3.8) is 0 Å². The van der Waals surface area contributed by atoms with Crippen LogP contribution in [0.5, 0.6) is 11.5 Å². The second-order valence-corrected chi connectivity index (χ2v) is 8.82. The predicted molar refractivity (Wildman–Crippen MR) is 146 cm³/mol. The van der Waals surface area contributed by atoms with Crippen LogP contribution in [0, 0.1) is 18.3 Å². The lowest BCUT2D eigenvalue weighted by molar-refractivity contribution is -0.112. The summed E-state index contributed by atoms with van der Waals surface area (Å²) >= 11 is 6.19. The van der Waals surface area contributed by atoms with Crippen molar-refractivity contribution in [2.45, 2.75) is 20.1 Å². The maximum Gasteiger partial charge on any atom is 0.266 e. The molecule has 0 bridgehead atoms. The second kappa shape index (κ2) is 12.4. The standard InChI is InChI=1S/C31H25ClN2O3/c1-22-7-9-24(10-8-22)21-37-30-16-11-27(32)18-25(30)17-26(19-33)31(35)34-28-12-14-29(15-13-28)36-20-23-5-3-2-4-6-23/h2-18H,20-21H2,1H3,(H,34,35)/b26-17+. The molecule has 0 fully saturated rings. The van der Waals surface area contributed by atoms with Crippen LogP contribution in [-0.2, 0) is 18.0 Å². The summed E-state index contributed by atoms with van der Waals surface area (Å²) in [5, 5.41) is 12.9. The number of benzene rings is 4.